The van der Waals surface area contributed by atoms with Crippen LogP contribution in [0.5, 0.6) is 11.5 Å². The van der Waals surface area contributed by atoms with E-state index in [1.165, 1.54) is 18.2 Å². The minimum Gasteiger partial charge on any atom is -0.480 e. The molecule has 0 fully saturated rings. The molecular formula is C18H12Cl2O5. The second kappa shape index (κ2) is 7.17. The number of esters is 1. The minimum absolute atomic E-state index is 0.243. The molecule has 0 amide bonds. The van der Waals surface area contributed by atoms with E-state index in [1.807, 2.05) is 0 Å². The Morgan fingerprint density at radius 3 is 2.72 bits per heavy atom. The Hall–Kier alpha value is -2.50. The van der Waals surface area contributed by atoms with Crippen molar-refractivity contribution in [2.45, 2.75) is 6.92 Å². The van der Waals surface area contributed by atoms with Crippen LogP contribution in [0.1, 0.15) is 5.56 Å². The molecule has 2 aromatic carbocycles. The molecule has 0 unspecified atom stereocenters. The zero-order valence-electron chi connectivity index (χ0n) is 13.0. The zero-order valence-corrected chi connectivity index (χ0v) is 14.6. The number of hydrogen-bond donors (Lipinski definition) is 0. The molecular weight excluding hydrogens is 367 g/mol. The van der Waals surface area contributed by atoms with E-state index in [4.69, 9.17) is 37.1 Å². The number of benzene rings is 2. The predicted molar refractivity (Wildman–Crippen MR) is 94.8 cm³/mol. The molecule has 3 aromatic rings. The van der Waals surface area contributed by atoms with Crippen LogP contribution in [0.25, 0.3) is 11.0 Å². The molecule has 0 aliphatic rings. The topological polar surface area (TPSA) is 65.7 Å². The fourth-order valence-corrected chi connectivity index (χ4v) is 2.59. The summed E-state index contributed by atoms with van der Waals surface area (Å²) >= 11 is 11.8. The Morgan fingerprint density at radius 2 is 1.92 bits per heavy atom. The number of ether oxygens (including phenoxy) is 2. The number of halogens is 2. The molecule has 0 atom stereocenters. The summed E-state index contributed by atoms with van der Waals surface area (Å²) in [7, 11) is 0. The first kappa shape index (κ1) is 17.3. The van der Waals surface area contributed by atoms with Gasteiger partial charge >= 0.3 is 11.6 Å². The Bertz CT molecular complexity index is 1010. The van der Waals surface area contributed by atoms with Crippen molar-refractivity contribution < 1.29 is 18.7 Å². The largest absolute Gasteiger partial charge is 0.480 e. The Balaban J connectivity index is 1.71. The van der Waals surface area contributed by atoms with Gasteiger partial charge in [-0.05, 0) is 36.8 Å². The van der Waals surface area contributed by atoms with Gasteiger partial charge in [0.05, 0.1) is 5.02 Å². The average molecular weight is 379 g/mol. The summed E-state index contributed by atoms with van der Waals surface area (Å²) in [6.07, 6.45) is 0. The Labute approximate surface area is 152 Å². The fraction of sp³-hybridized carbons (Fsp3) is 0.111. The molecule has 0 N–H and O–H groups in total. The maximum absolute atomic E-state index is 11.9. The van der Waals surface area contributed by atoms with Crippen LogP contribution in [-0.2, 0) is 4.79 Å². The van der Waals surface area contributed by atoms with Crippen LogP contribution >= 0.6 is 23.2 Å². The van der Waals surface area contributed by atoms with Gasteiger partial charge in [-0.15, -0.1) is 0 Å². The second-order valence-electron chi connectivity index (χ2n) is 5.24. The monoisotopic (exact) mass is 378 g/mol. The molecule has 5 nitrogen and oxygen atoms in total. The molecule has 0 saturated heterocycles. The van der Waals surface area contributed by atoms with Crippen LogP contribution in [0.2, 0.25) is 10.0 Å². The molecule has 25 heavy (non-hydrogen) atoms. The molecule has 0 aliphatic carbocycles. The van der Waals surface area contributed by atoms with E-state index in [1.54, 1.807) is 31.2 Å². The van der Waals surface area contributed by atoms with Crippen molar-refractivity contribution in [3.63, 3.8) is 0 Å². The van der Waals surface area contributed by atoms with Gasteiger partial charge < -0.3 is 13.9 Å². The summed E-state index contributed by atoms with van der Waals surface area (Å²) in [5.41, 5.74) is 0.657. The zero-order chi connectivity index (χ0) is 18.0. The normalized spacial score (nSPS) is 10.7. The van der Waals surface area contributed by atoms with E-state index in [2.05, 4.69) is 0 Å². The van der Waals surface area contributed by atoms with Crippen molar-refractivity contribution in [3.8, 4) is 11.5 Å². The highest BCUT2D eigenvalue weighted by molar-refractivity contribution is 6.34. The van der Waals surface area contributed by atoms with Crippen LogP contribution in [-0.4, -0.2) is 12.6 Å². The lowest BCUT2D eigenvalue weighted by Crippen LogP contribution is -2.17. The van der Waals surface area contributed by atoms with Gasteiger partial charge in [-0.2, -0.15) is 0 Å². The SMILES string of the molecule is Cc1cc(=O)oc2cc(OC(=O)COc3cc(Cl)ccc3Cl)ccc12. The highest BCUT2D eigenvalue weighted by atomic mass is 35.5. The lowest BCUT2D eigenvalue weighted by molar-refractivity contribution is -0.136. The Kier molecular flexibility index (Phi) is 4.97. The second-order valence-corrected chi connectivity index (χ2v) is 6.09. The molecule has 0 spiro atoms. The van der Waals surface area contributed by atoms with Gasteiger partial charge in [-0.3, -0.25) is 0 Å². The summed E-state index contributed by atoms with van der Waals surface area (Å²) in [6, 6.07) is 10.9. The third-order valence-corrected chi connectivity index (χ3v) is 3.94. The van der Waals surface area contributed by atoms with E-state index in [9.17, 15) is 9.59 Å². The van der Waals surface area contributed by atoms with E-state index >= 15 is 0 Å². The molecule has 128 valence electrons. The highest BCUT2D eigenvalue weighted by Gasteiger charge is 2.11. The van der Waals surface area contributed by atoms with Crippen molar-refractivity contribution in [2.24, 2.45) is 0 Å². The van der Waals surface area contributed by atoms with Crippen molar-refractivity contribution in [2.75, 3.05) is 6.61 Å². The standard InChI is InChI=1S/C18H12Cl2O5/c1-10-6-17(21)25-15-8-12(3-4-13(10)15)24-18(22)9-23-16-7-11(19)2-5-14(16)20/h2-8H,9H2,1H3. The van der Waals surface area contributed by atoms with Crippen LogP contribution in [0.4, 0.5) is 0 Å². The van der Waals surface area contributed by atoms with Crippen molar-refractivity contribution in [3.05, 3.63) is 68.5 Å². The number of hydrogen-bond acceptors (Lipinski definition) is 5. The third kappa shape index (κ3) is 4.13. The Morgan fingerprint density at radius 1 is 1.12 bits per heavy atom. The van der Waals surface area contributed by atoms with Gasteiger partial charge in [0.1, 0.15) is 17.1 Å². The van der Waals surface area contributed by atoms with Crippen molar-refractivity contribution >= 4 is 40.1 Å². The van der Waals surface area contributed by atoms with Gasteiger partial charge in [-0.1, -0.05) is 23.2 Å². The van der Waals surface area contributed by atoms with Gasteiger partial charge in [0, 0.05) is 28.6 Å². The average Bonchev–Trinajstić information content (AvgIpc) is 2.55. The van der Waals surface area contributed by atoms with E-state index in [0.29, 0.717) is 15.6 Å². The lowest BCUT2D eigenvalue weighted by atomic mass is 10.1. The molecule has 1 heterocycles. The first-order valence-corrected chi connectivity index (χ1v) is 8.01. The van der Waals surface area contributed by atoms with Crippen LogP contribution in [0, 0.1) is 6.92 Å². The first-order chi connectivity index (χ1) is 11.9. The van der Waals surface area contributed by atoms with E-state index in [-0.39, 0.29) is 18.1 Å². The van der Waals surface area contributed by atoms with Crippen LogP contribution in [0.15, 0.2) is 51.7 Å². The molecule has 1 aromatic heterocycles. The maximum atomic E-state index is 11.9. The smallest absolute Gasteiger partial charge is 0.349 e. The molecule has 3 rings (SSSR count). The molecule has 0 bridgehead atoms. The van der Waals surface area contributed by atoms with Gasteiger partial charge in [-0.25, -0.2) is 9.59 Å². The molecule has 0 radical (unpaired) electrons. The van der Waals surface area contributed by atoms with Gasteiger partial charge in [0.25, 0.3) is 0 Å². The summed E-state index contributed by atoms with van der Waals surface area (Å²) < 4.78 is 15.6. The van der Waals surface area contributed by atoms with E-state index in [0.717, 1.165) is 10.9 Å². The summed E-state index contributed by atoms with van der Waals surface area (Å²) in [4.78, 5) is 23.4. The highest BCUT2D eigenvalue weighted by Crippen LogP contribution is 2.28. The number of rotatable bonds is 4. The molecule has 7 heteroatoms. The van der Waals surface area contributed by atoms with Gasteiger partial charge in [0.15, 0.2) is 6.61 Å². The summed E-state index contributed by atoms with van der Waals surface area (Å²) in [5, 5.41) is 1.54. The van der Waals surface area contributed by atoms with Crippen LogP contribution < -0.4 is 15.1 Å². The summed E-state index contributed by atoms with van der Waals surface area (Å²) in [6.45, 7) is 1.45. The molecule has 0 saturated carbocycles. The minimum atomic E-state index is -0.634. The fourth-order valence-electron chi connectivity index (χ4n) is 2.25. The number of carbonyl (C=O) groups is 1. The number of fused-ring (bicyclic) bond motifs is 1. The quantitative estimate of drug-likeness (QED) is 0.382. The predicted octanol–water partition coefficient (Wildman–Crippen LogP) is 4.39. The lowest BCUT2D eigenvalue weighted by Gasteiger charge is -2.09. The van der Waals surface area contributed by atoms with E-state index < -0.39 is 11.6 Å². The van der Waals surface area contributed by atoms with Crippen LogP contribution in [0.3, 0.4) is 0 Å². The number of aryl methyl sites for hydroxylation is 1. The third-order valence-electron chi connectivity index (χ3n) is 3.39. The van der Waals surface area contributed by atoms with Crippen molar-refractivity contribution in [1.82, 2.24) is 0 Å². The maximum Gasteiger partial charge on any atom is 0.349 e. The molecule has 0 aliphatic heterocycles. The first-order valence-electron chi connectivity index (χ1n) is 7.25. The summed E-state index contributed by atoms with van der Waals surface area (Å²) in [5.74, 6) is -0.108. The van der Waals surface area contributed by atoms with Crippen molar-refractivity contribution in [1.29, 1.82) is 0 Å². The van der Waals surface area contributed by atoms with Gasteiger partial charge in [0.2, 0.25) is 0 Å². The number of carbonyl (C=O) groups excluding carboxylic acids is 1.